The number of ether oxygens (including phenoxy) is 3. The van der Waals surface area contributed by atoms with Gasteiger partial charge in [-0.15, -0.1) is 0 Å². The maximum Gasteiger partial charge on any atom is 0.387 e. The van der Waals surface area contributed by atoms with E-state index in [0.29, 0.717) is 17.2 Å². The largest absolute Gasteiger partial charge is 0.454 e. The molecule has 0 saturated carbocycles. The van der Waals surface area contributed by atoms with Crippen molar-refractivity contribution in [2.24, 2.45) is 0 Å². The van der Waals surface area contributed by atoms with Crippen molar-refractivity contribution in [1.82, 2.24) is 10.2 Å². The minimum Gasteiger partial charge on any atom is -0.454 e. The zero-order valence-electron chi connectivity index (χ0n) is 14.7. The maximum absolute atomic E-state index is 12.6. The molecule has 2 heterocycles. The molecule has 0 unspecified atom stereocenters. The van der Waals surface area contributed by atoms with Crippen molar-refractivity contribution >= 4 is 11.6 Å². The molecule has 2 aromatic carbocycles. The van der Waals surface area contributed by atoms with Crippen molar-refractivity contribution in [3.8, 4) is 28.5 Å². The van der Waals surface area contributed by atoms with Gasteiger partial charge in [-0.05, 0) is 48.9 Å². The van der Waals surface area contributed by atoms with E-state index in [0.717, 1.165) is 11.1 Å². The van der Waals surface area contributed by atoms with Crippen LogP contribution in [-0.2, 0) is 0 Å². The summed E-state index contributed by atoms with van der Waals surface area (Å²) in [5, 5.41) is 9.34. The second-order valence-corrected chi connectivity index (χ2v) is 6.07. The number of anilines is 1. The third kappa shape index (κ3) is 3.59. The van der Waals surface area contributed by atoms with Gasteiger partial charge in [0.2, 0.25) is 6.79 Å². The van der Waals surface area contributed by atoms with Gasteiger partial charge < -0.3 is 19.5 Å². The highest BCUT2D eigenvalue weighted by molar-refractivity contribution is 6.04. The van der Waals surface area contributed by atoms with Crippen molar-refractivity contribution in [3.63, 3.8) is 0 Å². The molecule has 0 spiro atoms. The summed E-state index contributed by atoms with van der Waals surface area (Å²) in [4.78, 5) is 12.5. The molecule has 9 heteroatoms. The molecule has 0 radical (unpaired) electrons. The monoisotopic (exact) mass is 387 g/mol. The number of alkyl halides is 2. The number of fused-ring (bicyclic) bond motifs is 1. The van der Waals surface area contributed by atoms with Gasteiger partial charge in [-0.2, -0.15) is 13.9 Å². The number of halogens is 2. The van der Waals surface area contributed by atoms with Crippen molar-refractivity contribution in [2.75, 3.05) is 12.1 Å². The lowest BCUT2D eigenvalue weighted by atomic mass is 10.1. The molecule has 1 aliphatic heterocycles. The summed E-state index contributed by atoms with van der Waals surface area (Å²) in [6.45, 7) is -1.06. The van der Waals surface area contributed by atoms with Crippen LogP contribution in [0.25, 0.3) is 11.3 Å². The molecular weight excluding hydrogens is 372 g/mol. The molecule has 0 fully saturated rings. The molecule has 0 bridgehead atoms. The van der Waals surface area contributed by atoms with Crippen LogP contribution in [0.3, 0.4) is 0 Å². The minimum atomic E-state index is -3.00. The van der Waals surface area contributed by atoms with Crippen molar-refractivity contribution in [2.45, 2.75) is 13.5 Å². The van der Waals surface area contributed by atoms with Crippen molar-refractivity contribution in [1.29, 1.82) is 0 Å². The number of aromatic amines is 1. The summed E-state index contributed by atoms with van der Waals surface area (Å²) >= 11 is 0. The summed E-state index contributed by atoms with van der Waals surface area (Å²) in [6.07, 6.45) is 0. The molecule has 0 aliphatic carbocycles. The van der Waals surface area contributed by atoms with Crippen LogP contribution in [0.4, 0.5) is 14.5 Å². The molecule has 0 atom stereocenters. The van der Waals surface area contributed by atoms with Crippen LogP contribution in [0.1, 0.15) is 16.1 Å². The van der Waals surface area contributed by atoms with Gasteiger partial charge in [-0.3, -0.25) is 9.89 Å². The molecule has 2 N–H and O–H groups in total. The molecule has 3 aromatic rings. The highest BCUT2D eigenvalue weighted by Crippen LogP contribution is 2.35. The summed E-state index contributed by atoms with van der Waals surface area (Å²) < 4.78 is 40.2. The number of carbonyl (C=O) groups excluding carboxylic acids is 1. The number of amides is 1. The SMILES string of the molecule is Cc1ccc(OC(F)F)c(NC(=O)c2cc(-c3ccc4c(c3)OCO4)n[nH]2)c1. The summed E-state index contributed by atoms with van der Waals surface area (Å²) in [6, 6.07) is 11.4. The Morgan fingerprint density at radius 2 is 2.00 bits per heavy atom. The average Bonchev–Trinajstić information content (AvgIpc) is 3.32. The number of aromatic nitrogens is 2. The van der Waals surface area contributed by atoms with Gasteiger partial charge in [0.15, 0.2) is 11.5 Å². The molecule has 1 aromatic heterocycles. The second-order valence-electron chi connectivity index (χ2n) is 6.07. The average molecular weight is 387 g/mol. The lowest BCUT2D eigenvalue weighted by Crippen LogP contribution is -2.14. The number of nitrogens with one attached hydrogen (secondary N) is 2. The van der Waals surface area contributed by atoms with Crippen LogP contribution in [0.5, 0.6) is 17.2 Å². The number of benzene rings is 2. The molecule has 0 saturated heterocycles. The van der Waals surface area contributed by atoms with E-state index in [1.807, 2.05) is 0 Å². The quantitative estimate of drug-likeness (QED) is 0.692. The first-order valence-electron chi connectivity index (χ1n) is 8.32. The fraction of sp³-hybridized carbons (Fsp3) is 0.158. The first-order valence-corrected chi connectivity index (χ1v) is 8.32. The highest BCUT2D eigenvalue weighted by atomic mass is 19.3. The van der Waals surface area contributed by atoms with E-state index in [1.54, 1.807) is 43.3 Å². The van der Waals surface area contributed by atoms with Gasteiger partial charge in [-0.1, -0.05) is 6.07 Å². The molecule has 4 rings (SSSR count). The zero-order valence-corrected chi connectivity index (χ0v) is 14.7. The number of aryl methyl sites for hydroxylation is 1. The molecule has 7 nitrogen and oxygen atoms in total. The Labute approximate surface area is 158 Å². The van der Waals surface area contributed by atoms with Crippen LogP contribution < -0.4 is 19.5 Å². The number of carbonyl (C=O) groups is 1. The molecule has 28 heavy (non-hydrogen) atoms. The number of nitrogens with zero attached hydrogens (tertiary/aromatic N) is 1. The Morgan fingerprint density at radius 3 is 2.82 bits per heavy atom. The first kappa shape index (κ1) is 17.8. The minimum absolute atomic E-state index is 0.121. The Balaban J connectivity index is 1.55. The van der Waals surface area contributed by atoms with Gasteiger partial charge >= 0.3 is 6.61 Å². The fourth-order valence-electron chi connectivity index (χ4n) is 2.77. The maximum atomic E-state index is 12.6. The number of H-pyrrole nitrogens is 1. The first-order chi connectivity index (χ1) is 13.5. The van der Waals surface area contributed by atoms with Gasteiger partial charge in [-0.25, -0.2) is 0 Å². The van der Waals surface area contributed by atoms with E-state index < -0.39 is 12.5 Å². The van der Waals surface area contributed by atoms with Crippen molar-refractivity contribution in [3.05, 3.63) is 53.7 Å². The Hall–Kier alpha value is -3.62. The van der Waals surface area contributed by atoms with E-state index in [-0.39, 0.29) is 23.9 Å². The van der Waals surface area contributed by atoms with Crippen LogP contribution in [0.15, 0.2) is 42.5 Å². The third-order valence-electron chi connectivity index (χ3n) is 4.09. The number of rotatable bonds is 5. The van der Waals surface area contributed by atoms with Crippen LogP contribution in [-0.4, -0.2) is 29.5 Å². The lowest BCUT2D eigenvalue weighted by molar-refractivity contribution is -0.0493. The molecule has 1 amide bonds. The van der Waals surface area contributed by atoms with Gasteiger partial charge in [0.1, 0.15) is 11.4 Å². The predicted octanol–water partition coefficient (Wildman–Crippen LogP) is 3.97. The Morgan fingerprint density at radius 1 is 1.18 bits per heavy atom. The fourth-order valence-corrected chi connectivity index (χ4v) is 2.77. The number of hydrogen-bond acceptors (Lipinski definition) is 5. The zero-order chi connectivity index (χ0) is 19.7. The smallest absolute Gasteiger partial charge is 0.387 e. The van der Waals surface area contributed by atoms with Gasteiger partial charge in [0.25, 0.3) is 5.91 Å². The summed E-state index contributed by atoms with van der Waals surface area (Å²) in [5.74, 6) is 0.581. The predicted molar refractivity (Wildman–Crippen MR) is 95.9 cm³/mol. The lowest BCUT2D eigenvalue weighted by Gasteiger charge is -2.12. The number of hydrogen-bond donors (Lipinski definition) is 2. The van der Waals surface area contributed by atoms with Crippen LogP contribution >= 0.6 is 0 Å². The van der Waals surface area contributed by atoms with Crippen molar-refractivity contribution < 1.29 is 27.8 Å². The van der Waals surface area contributed by atoms with E-state index in [1.165, 1.54) is 6.07 Å². The van der Waals surface area contributed by atoms with E-state index in [9.17, 15) is 13.6 Å². The van der Waals surface area contributed by atoms with E-state index >= 15 is 0 Å². The van der Waals surface area contributed by atoms with Gasteiger partial charge in [0, 0.05) is 5.56 Å². The summed E-state index contributed by atoms with van der Waals surface area (Å²) in [5.41, 5.74) is 2.35. The highest BCUT2D eigenvalue weighted by Gasteiger charge is 2.18. The van der Waals surface area contributed by atoms with Gasteiger partial charge in [0.05, 0.1) is 11.4 Å². The Bertz CT molecular complexity index is 1040. The normalized spacial score (nSPS) is 12.3. The molecule has 1 aliphatic rings. The molecular formula is C19H15F2N3O4. The summed E-state index contributed by atoms with van der Waals surface area (Å²) in [7, 11) is 0. The standard InChI is InChI=1S/C19H15F2N3O4/c1-10-2-4-15(28-19(20)21)13(6-10)22-18(25)14-8-12(23-24-14)11-3-5-16-17(7-11)27-9-26-16/h2-8,19H,9H2,1H3,(H,22,25)(H,23,24). The Kier molecular flexibility index (Phi) is 4.56. The van der Waals surface area contributed by atoms with E-state index in [4.69, 9.17) is 9.47 Å². The van der Waals surface area contributed by atoms with Crippen LogP contribution in [0, 0.1) is 6.92 Å². The van der Waals surface area contributed by atoms with Crippen LogP contribution in [0.2, 0.25) is 0 Å². The topological polar surface area (TPSA) is 85.5 Å². The van der Waals surface area contributed by atoms with E-state index in [2.05, 4.69) is 20.3 Å². The second kappa shape index (κ2) is 7.18. The molecule has 144 valence electrons. The third-order valence-corrected chi connectivity index (χ3v) is 4.09.